The minimum Gasteiger partial charge on any atom is -0.440 e. The Morgan fingerprint density at radius 2 is 1.82 bits per heavy atom. The summed E-state index contributed by atoms with van der Waals surface area (Å²) in [5.41, 5.74) is 5.29. The Balaban J connectivity index is 1.49. The largest absolute Gasteiger partial charge is 0.440 e. The summed E-state index contributed by atoms with van der Waals surface area (Å²) in [6.07, 6.45) is 7.10. The molecule has 4 rings (SSSR count). The van der Waals surface area contributed by atoms with Crippen LogP contribution in [0.1, 0.15) is 101 Å². The molecule has 8 heteroatoms. The summed E-state index contributed by atoms with van der Waals surface area (Å²) in [6.45, 7) is 12.2. The molecule has 2 N–H and O–H groups in total. The maximum Gasteiger partial charge on any atom is 0.412 e. The average molecular weight is 542 g/mol. The topological polar surface area (TPSA) is 87.7 Å². The summed E-state index contributed by atoms with van der Waals surface area (Å²) in [5, 5.41) is 2.90. The van der Waals surface area contributed by atoms with Gasteiger partial charge in [0.1, 0.15) is 11.9 Å². The van der Waals surface area contributed by atoms with Crippen LogP contribution in [0.15, 0.2) is 36.4 Å². The van der Waals surface area contributed by atoms with Gasteiger partial charge in [0.2, 0.25) is 10.0 Å². The maximum absolute atomic E-state index is 13.0. The first kappa shape index (κ1) is 28.3. The first-order valence-electron chi connectivity index (χ1n) is 14.0. The zero-order valence-corrected chi connectivity index (χ0v) is 24.3. The third-order valence-corrected chi connectivity index (χ3v) is 9.17. The Hall–Kier alpha value is -2.74. The van der Waals surface area contributed by atoms with Crippen LogP contribution in [-0.4, -0.2) is 32.3 Å². The minimum atomic E-state index is -3.58. The van der Waals surface area contributed by atoms with Gasteiger partial charge in [-0.3, -0.25) is 10.0 Å². The molecule has 38 heavy (non-hydrogen) atoms. The summed E-state index contributed by atoms with van der Waals surface area (Å²) in [4.78, 5) is 15.5. The second kappa shape index (κ2) is 11.6. The Labute approximate surface area is 228 Å². The predicted octanol–water partition coefficient (Wildman–Crippen LogP) is 7.49. The van der Waals surface area contributed by atoms with Crippen LogP contribution in [0, 0.1) is 6.92 Å². The molecule has 2 aliphatic heterocycles. The SMILES string of the molecule is CCCCCCCCN1c2cc(C)c(NC(=O)OC3CS(=O)(=O)Nc4ccccc43)cc2C(C)CC1(C)C. The summed E-state index contributed by atoms with van der Waals surface area (Å²) < 4.78 is 32.8. The van der Waals surface area contributed by atoms with Crippen LogP contribution in [0.25, 0.3) is 0 Å². The van der Waals surface area contributed by atoms with Gasteiger partial charge in [-0.05, 0) is 68.9 Å². The number of carbonyl (C=O) groups is 1. The molecule has 2 heterocycles. The zero-order valence-electron chi connectivity index (χ0n) is 23.5. The molecule has 0 radical (unpaired) electrons. The number of amides is 1. The van der Waals surface area contributed by atoms with Crippen molar-refractivity contribution in [1.29, 1.82) is 0 Å². The maximum atomic E-state index is 13.0. The number of fused-ring (bicyclic) bond motifs is 2. The second-order valence-corrected chi connectivity index (χ2v) is 13.3. The molecule has 0 spiro atoms. The van der Waals surface area contributed by atoms with Crippen molar-refractivity contribution in [2.24, 2.45) is 0 Å². The zero-order chi connectivity index (χ0) is 27.5. The van der Waals surface area contributed by atoms with E-state index in [1.165, 1.54) is 49.8 Å². The number of unbranched alkanes of at least 4 members (excludes halogenated alkanes) is 5. The van der Waals surface area contributed by atoms with E-state index >= 15 is 0 Å². The Morgan fingerprint density at radius 1 is 1.11 bits per heavy atom. The van der Waals surface area contributed by atoms with E-state index < -0.39 is 22.2 Å². The molecule has 2 aliphatic rings. The van der Waals surface area contributed by atoms with Gasteiger partial charge in [-0.15, -0.1) is 0 Å². The van der Waals surface area contributed by atoms with E-state index in [9.17, 15) is 13.2 Å². The number of rotatable bonds is 9. The van der Waals surface area contributed by atoms with Gasteiger partial charge in [0.25, 0.3) is 0 Å². The summed E-state index contributed by atoms with van der Waals surface area (Å²) in [6, 6.07) is 11.3. The minimum absolute atomic E-state index is 0.0596. The van der Waals surface area contributed by atoms with E-state index in [2.05, 4.69) is 54.8 Å². The summed E-state index contributed by atoms with van der Waals surface area (Å²) >= 11 is 0. The Kier molecular flexibility index (Phi) is 8.60. The summed E-state index contributed by atoms with van der Waals surface area (Å²) in [5.74, 6) is 0.0412. The molecule has 0 bridgehead atoms. The van der Waals surface area contributed by atoms with Crippen molar-refractivity contribution in [2.45, 2.75) is 97.1 Å². The third kappa shape index (κ3) is 6.45. The molecule has 0 aromatic heterocycles. The van der Waals surface area contributed by atoms with Crippen molar-refractivity contribution in [3.05, 3.63) is 53.1 Å². The van der Waals surface area contributed by atoms with Crippen LogP contribution in [-0.2, 0) is 14.8 Å². The third-order valence-electron chi connectivity index (χ3n) is 7.90. The molecule has 7 nitrogen and oxygen atoms in total. The number of aryl methyl sites for hydroxylation is 1. The van der Waals surface area contributed by atoms with E-state index in [0.29, 0.717) is 22.9 Å². The highest BCUT2D eigenvalue weighted by molar-refractivity contribution is 7.92. The van der Waals surface area contributed by atoms with Gasteiger partial charge in [-0.1, -0.05) is 64.2 Å². The number of para-hydroxylation sites is 1. The van der Waals surface area contributed by atoms with Crippen LogP contribution < -0.4 is 14.9 Å². The van der Waals surface area contributed by atoms with Gasteiger partial charge >= 0.3 is 6.09 Å². The van der Waals surface area contributed by atoms with Crippen LogP contribution in [0.4, 0.5) is 21.9 Å². The normalized spacial score (nSPS) is 21.1. The van der Waals surface area contributed by atoms with E-state index in [-0.39, 0.29) is 11.3 Å². The molecule has 1 amide bonds. The van der Waals surface area contributed by atoms with Crippen LogP contribution in [0.3, 0.4) is 0 Å². The Morgan fingerprint density at radius 3 is 2.58 bits per heavy atom. The molecule has 0 fully saturated rings. The molecular formula is C30H43N3O4S. The van der Waals surface area contributed by atoms with Gasteiger partial charge in [0.05, 0.1) is 5.69 Å². The van der Waals surface area contributed by atoms with E-state index in [1.807, 2.05) is 6.92 Å². The van der Waals surface area contributed by atoms with Crippen molar-refractivity contribution in [2.75, 3.05) is 27.2 Å². The molecule has 0 saturated carbocycles. The number of anilines is 3. The van der Waals surface area contributed by atoms with Crippen LogP contribution in [0.2, 0.25) is 0 Å². The average Bonchev–Trinajstić information content (AvgIpc) is 2.83. The van der Waals surface area contributed by atoms with Crippen LogP contribution in [0.5, 0.6) is 0 Å². The predicted molar refractivity (Wildman–Crippen MR) is 156 cm³/mol. The lowest BCUT2D eigenvalue weighted by Crippen LogP contribution is -2.48. The Bertz CT molecular complexity index is 1260. The molecule has 2 unspecified atom stereocenters. The van der Waals surface area contributed by atoms with E-state index in [4.69, 9.17) is 4.74 Å². The second-order valence-electron chi connectivity index (χ2n) is 11.6. The fourth-order valence-electron chi connectivity index (χ4n) is 5.98. The van der Waals surface area contributed by atoms with Crippen molar-refractivity contribution >= 4 is 33.2 Å². The first-order chi connectivity index (χ1) is 18.0. The van der Waals surface area contributed by atoms with Gasteiger partial charge in [0.15, 0.2) is 0 Å². The van der Waals surface area contributed by atoms with E-state index in [1.54, 1.807) is 24.3 Å². The molecule has 2 atom stereocenters. The fraction of sp³-hybridized carbons (Fsp3) is 0.567. The molecule has 2 aromatic carbocycles. The van der Waals surface area contributed by atoms with Crippen molar-refractivity contribution < 1.29 is 17.9 Å². The van der Waals surface area contributed by atoms with Crippen molar-refractivity contribution in [3.8, 4) is 0 Å². The number of carbonyl (C=O) groups excluding carboxylic acids is 1. The quantitative estimate of drug-likeness (QED) is 0.321. The molecule has 208 valence electrons. The standard InChI is InChI=1S/C30H43N3O4S/c1-6-7-8-9-10-13-16-33-27-17-21(2)26(18-24(27)22(3)19-30(33,4)5)31-29(34)37-28-20-38(35,36)32-25-15-12-11-14-23(25)28/h11-12,14-15,17-18,22,28,32H,6-10,13,16,19-20H2,1-5H3,(H,31,34). The van der Waals surface area contributed by atoms with E-state index in [0.717, 1.165) is 18.5 Å². The van der Waals surface area contributed by atoms with Gasteiger partial charge < -0.3 is 9.64 Å². The summed E-state index contributed by atoms with van der Waals surface area (Å²) in [7, 11) is -3.58. The van der Waals surface area contributed by atoms with Crippen molar-refractivity contribution in [3.63, 3.8) is 0 Å². The lowest BCUT2D eigenvalue weighted by Gasteiger charge is -2.48. The molecule has 2 aromatic rings. The monoisotopic (exact) mass is 541 g/mol. The highest BCUT2D eigenvalue weighted by Gasteiger charge is 2.37. The highest BCUT2D eigenvalue weighted by atomic mass is 32.2. The number of nitrogens with zero attached hydrogens (tertiary/aromatic N) is 1. The lowest BCUT2D eigenvalue weighted by atomic mass is 9.79. The highest BCUT2D eigenvalue weighted by Crippen LogP contribution is 2.45. The number of nitrogens with one attached hydrogen (secondary N) is 2. The van der Waals surface area contributed by atoms with Gasteiger partial charge in [0, 0.05) is 29.0 Å². The van der Waals surface area contributed by atoms with Crippen molar-refractivity contribution in [1.82, 2.24) is 0 Å². The number of hydrogen-bond donors (Lipinski definition) is 2. The lowest BCUT2D eigenvalue weighted by molar-refractivity contribution is 0.122. The number of sulfonamides is 1. The first-order valence-corrected chi connectivity index (χ1v) is 15.6. The number of ether oxygens (including phenoxy) is 1. The number of benzene rings is 2. The molecule has 0 aliphatic carbocycles. The fourth-order valence-corrected chi connectivity index (χ4v) is 7.23. The number of hydrogen-bond acceptors (Lipinski definition) is 5. The van der Waals surface area contributed by atoms with Crippen LogP contribution >= 0.6 is 0 Å². The smallest absolute Gasteiger partial charge is 0.412 e. The van der Waals surface area contributed by atoms with Gasteiger partial charge in [-0.25, -0.2) is 13.2 Å². The van der Waals surface area contributed by atoms with Gasteiger partial charge in [-0.2, -0.15) is 0 Å². The molecular weight excluding hydrogens is 498 g/mol. The molecule has 0 saturated heterocycles.